The molecule has 0 saturated heterocycles. The Kier molecular flexibility index (Phi) is 3.58. The van der Waals surface area contributed by atoms with Gasteiger partial charge in [0, 0.05) is 36.6 Å². The third kappa shape index (κ3) is 2.93. The SMILES string of the molecule is Cc1ccc2ccc(NCCCn3ccnc3)nc2n1. The van der Waals surface area contributed by atoms with Crippen LogP contribution in [0.1, 0.15) is 12.1 Å². The van der Waals surface area contributed by atoms with E-state index in [9.17, 15) is 0 Å². The minimum atomic E-state index is 0.796. The van der Waals surface area contributed by atoms with Crippen LogP contribution in [0.3, 0.4) is 0 Å². The van der Waals surface area contributed by atoms with Crippen LogP contribution in [0.15, 0.2) is 43.0 Å². The first-order valence-corrected chi connectivity index (χ1v) is 6.75. The van der Waals surface area contributed by atoms with Gasteiger partial charge in [0.25, 0.3) is 0 Å². The number of pyridine rings is 2. The molecule has 0 aliphatic carbocycles. The summed E-state index contributed by atoms with van der Waals surface area (Å²) in [7, 11) is 0. The molecule has 0 unspecified atom stereocenters. The van der Waals surface area contributed by atoms with Gasteiger partial charge in [-0.1, -0.05) is 0 Å². The van der Waals surface area contributed by atoms with E-state index >= 15 is 0 Å². The van der Waals surface area contributed by atoms with Crippen LogP contribution in [0.2, 0.25) is 0 Å². The van der Waals surface area contributed by atoms with Gasteiger partial charge in [-0.3, -0.25) is 0 Å². The first kappa shape index (κ1) is 12.6. The molecule has 3 aromatic rings. The van der Waals surface area contributed by atoms with Crippen molar-refractivity contribution in [1.82, 2.24) is 19.5 Å². The zero-order valence-corrected chi connectivity index (χ0v) is 11.5. The van der Waals surface area contributed by atoms with E-state index in [4.69, 9.17) is 0 Å². The summed E-state index contributed by atoms with van der Waals surface area (Å²) in [5.74, 6) is 0.876. The summed E-state index contributed by atoms with van der Waals surface area (Å²) < 4.78 is 2.07. The number of hydrogen-bond donors (Lipinski definition) is 1. The van der Waals surface area contributed by atoms with Crippen LogP contribution in [0.5, 0.6) is 0 Å². The molecule has 5 heteroatoms. The number of aryl methyl sites for hydroxylation is 2. The molecule has 1 N–H and O–H groups in total. The second-order valence-electron chi connectivity index (χ2n) is 4.78. The van der Waals surface area contributed by atoms with Crippen molar-refractivity contribution in [3.05, 3.63) is 48.7 Å². The molecule has 0 atom stereocenters. The summed E-state index contributed by atoms with van der Waals surface area (Å²) in [4.78, 5) is 13.0. The molecular formula is C15H17N5. The molecule has 0 aliphatic rings. The monoisotopic (exact) mass is 267 g/mol. The minimum Gasteiger partial charge on any atom is -0.370 e. The first-order chi connectivity index (χ1) is 9.81. The van der Waals surface area contributed by atoms with Gasteiger partial charge in [0.2, 0.25) is 0 Å². The Morgan fingerprint density at radius 3 is 2.90 bits per heavy atom. The third-order valence-electron chi connectivity index (χ3n) is 3.15. The fourth-order valence-corrected chi connectivity index (χ4v) is 2.09. The largest absolute Gasteiger partial charge is 0.370 e. The van der Waals surface area contributed by atoms with Gasteiger partial charge < -0.3 is 9.88 Å². The molecule has 3 heterocycles. The van der Waals surface area contributed by atoms with Crippen molar-refractivity contribution in [2.24, 2.45) is 0 Å². The maximum Gasteiger partial charge on any atom is 0.161 e. The second-order valence-corrected chi connectivity index (χ2v) is 4.78. The molecule has 0 bridgehead atoms. The average Bonchev–Trinajstić information content (AvgIpc) is 2.96. The molecule has 102 valence electrons. The summed E-state index contributed by atoms with van der Waals surface area (Å²) in [5, 5.41) is 4.40. The van der Waals surface area contributed by atoms with Crippen molar-refractivity contribution in [2.75, 3.05) is 11.9 Å². The van der Waals surface area contributed by atoms with Gasteiger partial charge in [0.05, 0.1) is 6.33 Å². The Labute approximate surface area is 117 Å². The van der Waals surface area contributed by atoms with Gasteiger partial charge in [-0.2, -0.15) is 0 Å². The third-order valence-corrected chi connectivity index (χ3v) is 3.15. The summed E-state index contributed by atoms with van der Waals surface area (Å²) in [5.41, 5.74) is 1.78. The van der Waals surface area contributed by atoms with E-state index in [-0.39, 0.29) is 0 Å². The van der Waals surface area contributed by atoms with Crippen molar-refractivity contribution < 1.29 is 0 Å². The standard InChI is InChI=1S/C15H17N5/c1-12-3-4-13-5-6-14(19-15(13)18-12)17-7-2-9-20-10-8-16-11-20/h3-6,8,10-11H,2,7,9H2,1H3,(H,17,18,19). The van der Waals surface area contributed by atoms with Crippen LogP contribution in [0, 0.1) is 6.92 Å². The molecule has 0 saturated carbocycles. The molecule has 0 amide bonds. The Bertz CT molecular complexity index is 691. The van der Waals surface area contributed by atoms with E-state index in [2.05, 4.69) is 24.8 Å². The van der Waals surface area contributed by atoms with E-state index in [0.717, 1.165) is 42.1 Å². The highest BCUT2D eigenvalue weighted by atomic mass is 15.0. The Morgan fingerprint density at radius 2 is 2.05 bits per heavy atom. The van der Waals surface area contributed by atoms with Crippen molar-refractivity contribution in [3.8, 4) is 0 Å². The van der Waals surface area contributed by atoms with E-state index in [1.165, 1.54) is 0 Å². The number of fused-ring (bicyclic) bond motifs is 1. The van der Waals surface area contributed by atoms with Crippen LogP contribution in [-0.4, -0.2) is 26.1 Å². The fraction of sp³-hybridized carbons (Fsp3) is 0.267. The Morgan fingerprint density at radius 1 is 1.15 bits per heavy atom. The maximum absolute atomic E-state index is 4.53. The van der Waals surface area contributed by atoms with E-state index in [1.54, 1.807) is 6.20 Å². The number of hydrogen-bond acceptors (Lipinski definition) is 4. The Hall–Kier alpha value is -2.43. The lowest BCUT2D eigenvalue weighted by molar-refractivity contribution is 0.660. The summed E-state index contributed by atoms with van der Waals surface area (Å²) in [6.45, 7) is 3.81. The second kappa shape index (κ2) is 5.69. The molecule has 3 rings (SSSR count). The van der Waals surface area contributed by atoms with E-state index < -0.39 is 0 Å². The predicted octanol–water partition coefficient (Wildman–Crippen LogP) is 2.64. The lowest BCUT2D eigenvalue weighted by atomic mass is 10.2. The fourth-order valence-electron chi connectivity index (χ4n) is 2.09. The maximum atomic E-state index is 4.53. The lowest BCUT2D eigenvalue weighted by Crippen LogP contribution is -2.07. The highest BCUT2D eigenvalue weighted by Gasteiger charge is 1.99. The normalized spacial score (nSPS) is 10.8. The van der Waals surface area contributed by atoms with Crippen molar-refractivity contribution >= 4 is 16.9 Å². The van der Waals surface area contributed by atoms with Gasteiger partial charge in [-0.05, 0) is 37.6 Å². The lowest BCUT2D eigenvalue weighted by Gasteiger charge is -2.07. The minimum absolute atomic E-state index is 0.796. The summed E-state index contributed by atoms with van der Waals surface area (Å²) >= 11 is 0. The van der Waals surface area contributed by atoms with Gasteiger partial charge in [0.15, 0.2) is 5.65 Å². The van der Waals surface area contributed by atoms with E-state index in [1.807, 2.05) is 43.7 Å². The number of imidazole rings is 1. The molecule has 0 aliphatic heterocycles. The number of nitrogens with zero attached hydrogens (tertiary/aromatic N) is 4. The predicted molar refractivity (Wildman–Crippen MR) is 79.6 cm³/mol. The number of aromatic nitrogens is 4. The molecule has 3 aromatic heterocycles. The number of nitrogens with one attached hydrogen (secondary N) is 1. The van der Waals surface area contributed by atoms with Crippen LogP contribution >= 0.6 is 0 Å². The smallest absolute Gasteiger partial charge is 0.161 e. The zero-order valence-electron chi connectivity index (χ0n) is 11.5. The number of rotatable bonds is 5. The van der Waals surface area contributed by atoms with Gasteiger partial charge in [-0.25, -0.2) is 15.0 Å². The molecule has 0 aromatic carbocycles. The molecule has 5 nitrogen and oxygen atoms in total. The quantitative estimate of drug-likeness (QED) is 0.722. The van der Waals surface area contributed by atoms with E-state index in [0.29, 0.717) is 0 Å². The Balaban J connectivity index is 1.59. The highest BCUT2D eigenvalue weighted by molar-refractivity contribution is 5.76. The van der Waals surface area contributed by atoms with Gasteiger partial charge >= 0.3 is 0 Å². The van der Waals surface area contributed by atoms with Crippen LogP contribution in [0.4, 0.5) is 5.82 Å². The van der Waals surface area contributed by atoms with Crippen molar-refractivity contribution in [1.29, 1.82) is 0 Å². The highest BCUT2D eigenvalue weighted by Crippen LogP contribution is 2.13. The summed E-state index contributed by atoms with van der Waals surface area (Å²) in [6, 6.07) is 8.10. The first-order valence-electron chi connectivity index (χ1n) is 6.75. The van der Waals surface area contributed by atoms with Crippen molar-refractivity contribution in [2.45, 2.75) is 19.9 Å². The van der Waals surface area contributed by atoms with Crippen LogP contribution in [-0.2, 0) is 6.54 Å². The molecular weight excluding hydrogens is 250 g/mol. The molecule has 0 spiro atoms. The zero-order chi connectivity index (χ0) is 13.8. The number of anilines is 1. The van der Waals surface area contributed by atoms with Crippen LogP contribution < -0.4 is 5.32 Å². The topological polar surface area (TPSA) is 55.6 Å². The van der Waals surface area contributed by atoms with Crippen molar-refractivity contribution in [3.63, 3.8) is 0 Å². The molecule has 0 fully saturated rings. The van der Waals surface area contributed by atoms with Gasteiger partial charge in [-0.15, -0.1) is 0 Å². The van der Waals surface area contributed by atoms with Crippen LogP contribution in [0.25, 0.3) is 11.0 Å². The average molecular weight is 267 g/mol. The summed E-state index contributed by atoms with van der Waals surface area (Å²) in [6.07, 6.45) is 6.63. The molecule has 20 heavy (non-hydrogen) atoms. The van der Waals surface area contributed by atoms with Gasteiger partial charge in [0.1, 0.15) is 5.82 Å². The molecule has 0 radical (unpaired) electrons.